The number of rotatable bonds is 6. The number of para-hydroxylation sites is 1. The number of aromatic nitrogens is 2. The Balaban J connectivity index is 1.97. The summed E-state index contributed by atoms with van der Waals surface area (Å²) < 4.78 is 6.60. The first-order valence-corrected chi connectivity index (χ1v) is 10.0. The minimum absolute atomic E-state index is 0.0605. The largest absolute Gasteiger partial charge is 0.493 e. The number of carbonyl (C=O) groups excluding carboxylic acids is 1. The Hall–Kier alpha value is -4.25. The third kappa shape index (κ3) is 4.57. The summed E-state index contributed by atoms with van der Waals surface area (Å²) in [7, 11) is 0. The van der Waals surface area contributed by atoms with E-state index in [2.05, 4.69) is 15.6 Å². The van der Waals surface area contributed by atoms with Crippen LogP contribution < -0.4 is 15.7 Å². The van der Waals surface area contributed by atoms with Gasteiger partial charge in [-0.1, -0.05) is 18.2 Å². The Kier molecular flexibility index (Phi) is 6.80. The van der Waals surface area contributed by atoms with Crippen molar-refractivity contribution in [3.63, 3.8) is 0 Å². The molecule has 8 nitrogen and oxygen atoms in total. The molecule has 0 spiro atoms. The fraction of sp³-hybridized carbons (Fsp3) is 0.208. The van der Waals surface area contributed by atoms with Gasteiger partial charge in [0.25, 0.3) is 11.5 Å². The van der Waals surface area contributed by atoms with Crippen LogP contribution in [0.4, 0.5) is 0 Å². The van der Waals surface area contributed by atoms with E-state index in [4.69, 9.17) is 4.74 Å². The van der Waals surface area contributed by atoms with Gasteiger partial charge in [0.15, 0.2) is 5.69 Å². The number of ether oxygens (including phenoxy) is 1. The van der Waals surface area contributed by atoms with E-state index in [0.717, 1.165) is 15.8 Å². The van der Waals surface area contributed by atoms with E-state index in [-0.39, 0.29) is 16.8 Å². The van der Waals surface area contributed by atoms with E-state index < -0.39 is 11.5 Å². The third-order valence-electron chi connectivity index (χ3n) is 4.99. The first kappa shape index (κ1) is 22.4. The number of carbonyl (C=O) groups is 1. The standard InChI is InChI=1S/C24H23N5O3/c1-5-32-21-9-7-6-8-18(21)14-26-27-23(30)22-17(4)20(13-25)24(31)29(28-22)19-11-10-15(2)16(3)12-19/h6-12,14H,5H2,1-4H3,(H,27,30). The molecule has 2 aromatic carbocycles. The van der Waals surface area contributed by atoms with Gasteiger partial charge in [0.2, 0.25) is 0 Å². The molecule has 0 bridgehead atoms. The maximum absolute atomic E-state index is 12.8. The Morgan fingerprint density at radius 2 is 1.97 bits per heavy atom. The number of nitrogens with zero attached hydrogens (tertiary/aromatic N) is 4. The molecule has 1 N–H and O–H groups in total. The van der Waals surface area contributed by atoms with E-state index in [1.807, 2.05) is 45.0 Å². The van der Waals surface area contributed by atoms with Crippen molar-refractivity contribution >= 4 is 12.1 Å². The lowest BCUT2D eigenvalue weighted by Crippen LogP contribution is -2.31. The van der Waals surface area contributed by atoms with Crippen molar-refractivity contribution in [1.82, 2.24) is 15.2 Å². The molecule has 3 aromatic rings. The van der Waals surface area contributed by atoms with Crippen molar-refractivity contribution in [1.29, 1.82) is 5.26 Å². The van der Waals surface area contributed by atoms with Crippen LogP contribution >= 0.6 is 0 Å². The van der Waals surface area contributed by atoms with Gasteiger partial charge in [-0.05, 0) is 63.1 Å². The molecule has 0 aliphatic rings. The van der Waals surface area contributed by atoms with Crippen LogP contribution in [0, 0.1) is 32.1 Å². The Labute approximate surface area is 185 Å². The summed E-state index contributed by atoms with van der Waals surface area (Å²) in [5, 5.41) is 17.7. The molecule has 0 fully saturated rings. The highest BCUT2D eigenvalue weighted by Gasteiger charge is 2.20. The summed E-state index contributed by atoms with van der Waals surface area (Å²) in [6.07, 6.45) is 1.46. The van der Waals surface area contributed by atoms with Crippen LogP contribution in [-0.4, -0.2) is 28.5 Å². The molecule has 1 aromatic heterocycles. The van der Waals surface area contributed by atoms with Gasteiger partial charge < -0.3 is 4.74 Å². The van der Waals surface area contributed by atoms with E-state index in [9.17, 15) is 14.9 Å². The van der Waals surface area contributed by atoms with Crippen LogP contribution in [0.25, 0.3) is 5.69 Å². The van der Waals surface area contributed by atoms with Crippen LogP contribution in [-0.2, 0) is 0 Å². The van der Waals surface area contributed by atoms with Gasteiger partial charge in [-0.2, -0.15) is 20.1 Å². The zero-order valence-corrected chi connectivity index (χ0v) is 18.3. The summed E-state index contributed by atoms with van der Waals surface area (Å²) in [5.41, 5.74) is 4.99. The van der Waals surface area contributed by atoms with Gasteiger partial charge in [0.1, 0.15) is 17.4 Å². The average Bonchev–Trinajstić information content (AvgIpc) is 2.77. The van der Waals surface area contributed by atoms with Crippen LogP contribution in [0.3, 0.4) is 0 Å². The van der Waals surface area contributed by atoms with Crippen LogP contribution in [0.5, 0.6) is 5.75 Å². The SMILES string of the molecule is CCOc1ccccc1C=NNC(=O)c1nn(-c2ccc(C)c(C)c2)c(=O)c(C#N)c1C. The quantitative estimate of drug-likeness (QED) is 0.478. The lowest BCUT2D eigenvalue weighted by molar-refractivity contribution is 0.0947. The fourth-order valence-corrected chi connectivity index (χ4v) is 3.07. The minimum atomic E-state index is -0.637. The van der Waals surface area contributed by atoms with Gasteiger partial charge in [-0.25, -0.2) is 5.43 Å². The highest BCUT2D eigenvalue weighted by molar-refractivity contribution is 5.95. The van der Waals surface area contributed by atoms with E-state index in [1.165, 1.54) is 13.1 Å². The third-order valence-corrected chi connectivity index (χ3v) is 4.99. The summed E-state index contributed by atoms with van der Waals surface area (Å²) in [6, 6.07) is 14.5. The van der Waals surface area contributed by atoms with Crippen LogP contribution in [0.1, 0.15) is 45.2 Å². The van der Waals surface area contributed by atoms with Gasteiger partial charge in [0.05, 0.1) is 18.5 Å². The number of hydrogen-bond acceptors (Lipinski definition) is 6. The predicted octanol–water partition coefficient (Wildman–Crippen LogP) is 3.19. The molecule has 1 amide bonds. The number of aryl methyl sites for hydroxylation is 2. The molecule has 162 valence electrons. The van der Waals surface area contributed by atoms with Crippen LogP contribution in [0.2, 0.25) is 0 Å². The molecule has 32 heavy (non-hydrogen) atoms. The zero-order valence-electron chi connectivity index (χ0n) is 18.3. The molecule has 8 heteroatoms. The number of nitriles is 1. The number of benzene rings is 2. The number of amides is 1. The molecule has 0 aliphatic carbocycles. The second kappa shape index (κ2) is 9.71. The summed E-state index contributed by atoms with van der Waals surface area (Å²) in [4.78, 5) is 25.6. The number of hydrazone groups is 1. The minimum Gasteiger partial charge on any atom is -0.493 e. The van der Waals surface area contributed by atoms with Crippen molar-refractivity contribution in [2.75, 3.05) is 6.61 Å². The van der Waals surface area contributed by atoms with Crippen molar-refractivity contribution in [3.05, 3.63) is 86.3 Å². The topological polar surface area (TPSA) is 109 Å². The molecule has 0 saturated carbocycles. The second-order valence-corrected chi connectivity index (χ2v) is 7.12. The first-order valence-electron chi connectivity index (χ1n) is 10.0. The van der Waals surface area contributed by atoms with Gasteiger partial charge >= 0.3 is 0 Å². The molecule has 0 atom stereocenters. The monoisotopic (exact) mass is 429 g/mol. The number of hydrogen-bond donors (Lipinski definition) is 1. The normalized spacial score (nSPS) is 10.7. The molecule has 0 radical (unpaired) electrons. The van der Waals surface area contributed by atoms with Crippen molar-refractivity contribution in [2.24, 2.45) is 5.10 Å². The second-order valence-electron chi connectivity index (χ2n) is 7.12. The highest BCUT2D eigenvalue weighted by atomic mass is 16.5. The molecule has 3 rings (SSSR count). The van der Waals surface area contributed by atoms with Crippen molar-refractivity contribution in [2.45, 2.75) is 27.7 Å². The highest BCUT2D eigenvalue weighted by Crippen LogP contribution is 2.16. The number of nitrogens with one attached hydrogen (secondary N) is 1. The molecule has 0 saturated heterocycles. The molecular formula is C24H23N5O3. The molecule has 1 heterocycles. The Morgan fingerprint density at radius 3 is 2.66 bits per heavy atom. The maximum atomic E-state index is 12.8. The Bertz CT molecular complexity index is 1300. The maximum Gasteiger partial charge on any atom is 0.292 e. The van der Waals surface area contributed by atoms with E-state index >= 15 is 0 Å². The van der Waals surface area contributed by atoms with Gasteiger partial charge in [-0.15, -0.1) is 0 Å². The first-order chi connectivity index (χ1) is 15.4. The van der Waals surface area contributed by atoms with E-state index in [0.29, 0.717) is 23.6 Å². The lowest BCUT2D eigenvalue weighted by atomic mass is 10.1. The fourth-order valence-electron chi connectivity index (χ4n) is 3.07. The smallest absolute Gasteiger partial charge is 0.292 e. The molecule has 0 aliphatic heterocycles. The van der Waals surface area contributed by atoms with Crippen molar-refractivity contribution in [3.8, 4) is 17.5 Å². The Morgan fingerprint density at radius 1 is 1.22 bits per heavy atom. The molecular weight excluding hydrogens is 406 g/mol. The van der Waals surface area contributed by atoms with Gasteiger partial charge in [0, 0.05) is 11.1 Å². The average molecular weight is 429 g/mol. The van der Waals surface area contributed by atoms with Crippen LogP contribution in [0.15, 0.2) is 52.4 Å². The van der Waals surface area contributed by atoms with Crippen molar-refractivity contribution < 1.29 is 9.53 Å². The lowest BCUT2D eigenvalue weighted by Gasteiger charge is -2.12. The van der Waals surface area contributed by atoms with Gasteiger partial charge in [-0.3, -0.25) is 9.59 Å². The summed E-state index contributed by atoms with van der Waals surface area (Å²) in [6.45, 7) is 7.75. The summed E-state index contributed by atoms with van der Waals surface area (Å²) in [5.74, 6) is -0.000846. The zero-order chi connectivity index (χ0) is 23.3. The summed E-state index contributed by atoms with van der Waals surface area (Å²) >= 11 is 0. The predicted molar refractivity (Wildman–Crippen MR) is 121 cm³/mol. The van der Waals surface area contributed by atoms with E-state index in [1.54, 1.807) is 24.3 Å². The molecule has 0 unspecified atom stereocenters.